The zero-order valence-corrected chi connectivity index (χ0v) is 17.4. The lowest BCUT2D eigenvalue weighted by Crippen LogP contribution is -2.14. The van der Waals surface area contributed by atoms with Gasteiger partial charge in [-0.05, 0) is 31.4 Å². The van der Waals surface area contributed by atoms with Gasteiger partial charge in [-0.1, -0.05) is 55.0 Å². The van der Waals surface area contributed by atoms with Crippen LogP contribution in [0.1, 0.15) is 46.2 Å². The largest absolute Gasteiger partial charge is 0.296 e. The smallest absolute Gasteiger partial charge is 0.261 e. The SMILES string of the molecule is Cc1nn(Cc2ccccc2Cl)c(C)c1C(=O)Nc1nnc(CC(C)C)s1. The summed E-state index contributed by atoms with van der Waals surface area (Å²) in [6, 6.07) is 7.63. The van der Waals surface area contributed by atoms with Gasteiger partial charge < -0.3 is 0 Å². The molecule has 2 aromatic heterocycles. The summed E-state index contributed by atoms with van der Waals surface area (Å²) >= 11 is 7.66. The lowest BCUT2D eigenvalue weighted by molar-refractivity contribution is 0.102. The third-order valence-electron chi connectivity index (χ3n) is 4.16. The van der Waals surface area contributed by atoms with Crippen LogP contribution in [0.5, 0.6) is 0 Å². The summed E-state index contributed by atoms with van der Waals surface area (Å²) in [5, 5.41) is 17.7. The Hall–Kier alpha value is -2.25. The minimum atomic E-state index is -0.220. The average Bonchev–Trinajstić information content (AvgIpc) is 3.13. The number of aromatic nitrogens is 4. The van der Waals surface area contributed by atoms with Crippen molar-refractivity contribution in [3.8, 4) is 0 Å². The third kappa shape index (κ3) is 4.54. The summed E-state index contributed by atoms with van der Waals surface area (Å²) in [6.45, 7) is 8.47. The zero-order chi connectivity index (χ0) is 19.6. The van der Waals surface area contributed by atoms with Gasteiger partial charge in [0.25, 0.3) is 5.91 Å². The van der Waals surface area contributed by atoms with Gasteiger partial charge >= 0.3 is 0 Å². The van der Waals surface area contributed by atoms with Gasteiger partial charge in [0.1, 0.15) is 5.01 Å². The first-order valence-electron chi connectivity index (χ1n) is 8.76. The van der Waals surface area contributed by atoms with E-state index in [0.717, 1.165) is 22.7 Å². The van der Waals surface area contributed by atoms with Gasteiger partial charge in [-0.25, -0.2) is 0 Å². The van der Waals surface area contributed by atoms with E-state index < -0.39 is 0 Å². The number of halogens is 1. The highest BCUT2D eigenvalue weighted by Gasteiger charge is 2.20. The Kier molecular flexibility index (Phi) is 5.92. The number of hydrogen-bond acceptors (Lipinski definition) is 5. The van der Waals surface area contributed by atoms with Crippen molar-refractivity contribution in [1.82, 2.24) is 20.0 Å². The lowest BCUT2D eigenvalue weighted by Gasteiger charge is -2.07. The molecule has 0 fully saturated rings. The van der Waals surface area contributed by atoms with E-state index in [1.54, 1.807) is 4.68 Å². The molecule has 0 aliphatic carbocycles. The Morgan fingerprint density at radius 3 is 2.70 bits per heavy atom. The van der Waals surface area contributed by atoms with Crippen molar-refractivity contribution < 1.29 is 4.79 Å². The van der Waals surface area contributed by atoms with Gasteiger partial charge in [-0.15, -0.1) is 10.2 Å². The molecule has 142 valence electrons. The van der Waals surface area contributed by atoms with E-state index in [2.05, 4.69) is 34.5 Å². The zero-order valence-electron chi connectivity index (χ0n) is 15.8. The van der Waals surface area contributed by atoms with Crippen LogP contribution in [0, 0.1) is 19.8 Å². The van der Waals surface area contributed by atoms with Gasteiger partial charge in [-0.2, -0.15) is 5.10 Å². The summed E-state index contributed by atoms with van der Waals surface area (Å²) in [4.78, 5) is 12.8. The molecule has 3 rings (SSSR count). The molecule has 0 spiro atoms. The Labute approximate surface area is 167 Å². The maximum atomic E-state index is 12.8. The van der Waals surface area contributed by atoms with E-state index in [-0.39, 0.29) is 5.91 Å². The van der Waals surface area contributed by atoms with Crippen LogP contribution in [0.3, 0.4) is 0 Å². The number of nitrogens with one attached hydrogen (secondary N) is 1. The van der Waals surface area contributed by atoms with Crippen molar-refractivity contribution in [1.29, 1.82) is 0 Å². The molecule has 8 heteroatoms. The van der Waals surface area contributed by atoms with Crippen LogP contribution >= 0.6 is 22.9 Å². The van der Waals surface area contributed by atoms with Crippen LogP contribution in [-0.2, 0) is 13.0 Å². The van der Waals surface area contributed by atoms with Crippen LogP contribution < -0.4 is 5.32 Å². The number of aryl methyl sites for hydroxylation is 1. The molecule has 0 aliphatic heterocycles. The quantitative estimate of drug-likeness (QED) is 0.657. The summed E-state index contributed by atoms with van der Waals surface area (Å²) in [7, 11) is 0. The Balaban J connectivity index is 1.78. The van der Waals surface area contributed by atoms with Crippen LogP contribution in [0.15, 0.2) is 24.3 Å². The first-order chi connectivity index (χ1) is 12.8. The highest BCUT2D eigenvalue weighted by atomic mass is 35.5. The predicted octanol–water partition coefficient (Wildman–Crippen LogP) is 4.50. The monoisotopic (exact) mass is 403 g/mol. The Bertz CT molecular complexity index is 963. The van der Waals surface area contributed by atoms with Crippen LogP contribution in [0.25, 0.3) is 0 Å². The van der Waals surface area contributed by atoms with Crippen LogP contribution in [0.2, 0.25) is 5.02 Å². The molecular formula is C19H22ClN5OS. The second-order valence-electron chi connectivity index (χ2n) is 6.85. The highest BCUT2D eigenvalue weighted by Crippen LogP contribution is 2.22. The molecule has 0 bridgehead atoms. The molecule has 27 heavy (non-hydrogen) atoms. The first kappa shape index (κ1) is 19.5. The van der Waals surface area contributed by atoms with Crippen LogP contribution in [0.4, 0.5) is 5.13 Å². The van der Waals surface area contributed by atoms with Crippen molar-refractivity contribution in [3.05, 3.63) is 56.8 Å². The highest BCUT2D eigenvalue weighted by molar-refractivity contribution is 7.15. The fraction of sp³-hybridized carbons (Fsp3) is 0.368. The fourth-order valence-electron chi connectivity index (χ4n) is 2.86. The number of carbonyl (C=O) groups excluding carboxylic acids is 1. The van der Waals surface area contributed by atoms with Gasteiger partial charge in [-0.3, -0.25) is 14.8 Å². The number of nitrogens with zero attached hydrogens (tertiary/aromatic N) is 4. The summed E-state index contributed by atoms with van der Waals surface area (Å²) in [5.74, 6) is 0.275. The number of carbonyl (C=O) groups is 1. The molecule has 2 heterocycles. The molecule has 1 aromatic carbocycles. The lowest BCUT2D eigenvalue weighted by atomic mass is 10.1. The van der Waals surface area contributed by atoms with Crippen LogP contribution in [-0.4, -0.2) is 25.9 Å². The third-order valence-corrected chi connectivity index (χ3v) is 5.39. The number of hydrogen-bond donors (Lipinski definition) is 1. The molecule has 0 radical (unpaired) electrons. The first-order valence-corrected chi connectivity index (χ1v) is 9.95. The predicted molar refractivity (Wildman–Crippen MR) is 109 cm³/mol. The fourth-order valence-corrected chi connectivity index (χ4v) is 4.01. The van der Waals surface area contributed by atoms with E-state index >= 15 is 0 Å². The number of anilines is 1. The Morgan fingerprint density at radius 2 is 2.00 bits per heavy atom. The molecular weight excluding hydrogens is 382 g/mol. The second kappa shape index (κ2) is 8.19. The minimum Gasteiger partial charge on any atom is -0.296 e. The minimum absolute atomic E-state index is 0.220. The molecule has 1 N–H and O–H groups in total. The normalized spacial score (nSPS) is 11.2. The standard InChI is InChI=1S/C19H22ClN5OS/c1-11(2)9-16-22-23-19(27-16)21-18(26)17-12(3)24-25(13(17)4)10-14-7-5-6-8-15(14)20/h5-8,11H,9-10H2,1-4H3,(H,21,23,26). The van der Waals surface area contributed by atoms with Crippen molar-refractivity contribution >= 4 is 34.0 Å². The van der Waals surface area contributed by atoms with Gasteiger partial charge in [0.05, 0.1) is 17.8 Å². The van der Waals surface area contributed by atoms with Crippen molar-refractivity contribution in [2.75, 3.05) is 5.32 Å². The van der Waals surface area contributed by atoms with Gasteiger partial charge in [0.2, 0.25) is 5.13 Å². The topological polar surface area (TPSA) is 72.7 Å². The van der Waals surface area contributed by atoms with E-state index in [0.29, 0.717) is 33.9 Å². The number of benzene rings is 1. The molecule has 3 aromatic rings. The molecule has 0 unspecified atom stereocenters. The molecule has 0 aliphatic rings. The summed E-state index contributed by atoms with van der Waals surface area (Å²) in [6.07, 6.45) is 0.849. The van der Waals surface area contributed by atoms with Crippen molar-refractivity contribution in [2.24, 2.45) is 5.92 Å². The second-order valence-corrected chi connectivity index (χ2v) is 8.32. The molecule has 1 amide bonds. The maximum Gasteiger partial charge on any atom is 0.261 e. The molecule has 6 nitrogen and oxygen atoms in total. The molecule has 0 saturated carbocycles. The number of amides is 1. The van der Waals surface area contributed by atoms with E-state index in [1.165, 1.54) is 11.3 Å². The summed E-state index contributed by atoms with van der Waals surface area (Å²) < 4.78 is 1.80. The van der Waals surface area contributed by atoms with E-state index in [4.69, 9.17) is 11.6 Å². The average molecular weight is 404 g/mol. The number of rotatable bonds is 6. The Morgan fingerprint density at radius 1 is 1.26 bits per heavy atom. The van der Waals surface area contributed by atoms with E-state index in [9.17, 15) is 4.79 Å². The van der Waals surface area contributed by atoms with E-state index in [1.807, 2.05) is 38.1 Å². The van der Waals surface area contributed by atoms with Crippen molar-refractivity contribution in [2.45, 2.75) is 40.7 Å². The maximum absolute atomic E-state index is 12.8. The van der Waals surface area contributed by atoms with Crippen molar-refractivity contribution in [3.63, 3.8) is 0 Å². The van der Waals surface area contributed by atoms with Gasteiger partial charge in [0.15, 0.2) is 0 Å². The summed E-state index contributed by atoms with van der Waals surface area (Å²) in [5.41, 5.74) is 2.97. The molecule has 0 atom stereocenters. The van der Waals surface area contributed by atoms with Gasteiger partial charge in [0, 0.05) is 17.1 Å². The molecule has 0 saturated heterocycles.